The van der Waals surface area contributed by atoms with E-state index in [-0.39, 0.29) is 17.0 Å². The third kappa shape index (κ3) is 8.21. The Hall–Kier alpha value is -1.29. The highest BCUT2D eigenvalue weighted by Crippen LogP contribution is 2.26. The zero-order chi connectivity index (χ0) is 18.4. The summed E-state index contributed by atoms with van der Waals surface area (Å²) >= 11 is 0. The predicted molar refractivity (Wildman–Crippen MR) is 89.8 cm³/mol. The van der Waals surface area contributed by atoms with Crippen molar-refractivity contribution in [2.45, 2.75) is 18.7 Å². The Morgan fingerprint density at radius 3 is 1.83 bits per heavy atom. The first-order valence-corrected chi connectivity index (χ1v) is 9.86. The van der Waals surface area contributed by atoms with Crippen LogP contribution in [0.4, 0.5) is 4.79 Å². The molecule has 0 aliphatic heterocycles. The van der Waals surface area contributed by atoms with E-state index in [4.69, 9.17) is 4.74 Å². The van der Waals surface area contributed by atoms with Crippen LogP contribution in [0.15, 0.2) is 17.0 Å². The van der Waals surface area contributed by atoms with Gasteiger partial charge in [0, 0.05) is 36.1 Å². The number of hydrogen-bond donors (Lipinski definition) is 0. The maximum atomic E-state index is 11.5. The van der Waals surface area contributed by atoms with Gasteiger partial charge in [0.25, 0.3) is 0 Å². The summed E-state index contributed by atoms with van der Waals surface area (Å²) in [4.78, 5) is 14.2. The first-order valence-electron chi connectivity index (χ1n) is 6.48. The van der Waals surface area contributed by atoms with Crippen molar-refractivity contribution in [3.63, 3.8) is 0 Å². The highest BCUT2D eigenvalue weighted by molar-refractivity contribution is 7.95. The smallest absolute Gasteiger partial charge is 0.414 e. The number of aryl methyl sites for hydroxylation is 2. The molecule has 0 aliphatic rings. The van der Waals surface area contributed by atoms with E-state index in [0.29, 0.717) is 5.75 Å². The molecule has 23 heavy (non-hydrogen) atoms. The second-order valence-corrected chi connectivity index (χ2v) is 8.23. The van der Waals surface area contributed by atoms with Gasteiger partial charge in [-0.2, -0.15) is 0 Å². The Labute approximate surface area is 140 Å². The Morgan fingerprint density at radius 1 is 1.17 bits per heavy atom. The number of carbonyl (C=O) groups excluding carboxylic acids is 1. The molecular formula is C14H23NO6S2. The molecule has 0 saturated carbocycles. The predicted octanol–water partition coefficient (Wildman–Crippen LogP) is 1.69. The molecule has 1 rings (SSSR count). The Kier molecular flexibility index (Phi) is 8.60. The number of amides is 1. The van der Waals surface area contributed by atoms with Crippen molar-refractivity contribution in [1.29, 1.82) is 0 Å². The second-order valence-electron chi connectivity index (χ2n) is 5.04. The van der Waals surface area contributed by atoms with Crippen LogP contribution in [0.5, 0.6) is 5.75 Å². The number of hydrogen-bond acceptors (Lipinski definition) is 6. The zero-order valence-electron chi connectivity index (χ0n) is 14.4. The van der Waals surface area contributed by atoms with Gasteiger partial charge in [0.1, 0.15) is 18.3 Å². The molecule has 0 aliphatic carbocycles. The van der Waals surface area contributed by atoms with E-state index < -0.39 is 10.4 Å². The quantitative estimate of drug-likeness (QED) is 0.459. The molecule has 1 aromatic rings. The standard InChI is InChI=1S/C13H20NO2S.CH4O4S/c1-9-7-11(16-13(15)14(3)4)8-10(2)12(9)17(5)6;1-5-6(2,3)4/h7-8H,1-6H3;1H3,(H,2,3,4)/q+1;/p-1. The van der Waals surface area contributed by atoms with Gasteiger partial charge in [0.05, 0.1) is 7.11 Å². The van der Waals surface area contributed by atoms with E-state index in [0.717, 1.165) is 7.11 Å². The van der Waals surface area contributed by atoms with E-state index in [1.807, 2.05) is 12.1 Å². The van der Waals surface area contributed by atoms with Gasteiger partial charge >= 0.3 is 6.09 Å². The molecule has 132 valence electrons. The van der Waals surface area contributed by atoms with E-state index >= 15 is 0 Å². The largest absolute Gasteiger partial charge is 0.726 e. The molecule has 1 aromatic carbocycles. The van der Waals surface area contributed by atoms with Gasteiger partial charge in [-0.25, -0.2) is 13.2 Å². The lowest BCUT2D eigenvalue weighted by molar-refractivity contribution is 0.172. The van der Waals surface area contributed by atoms with Crippen molar-refractivity contribution in [1.82, 2.24) is 4.90 Å². The molecule has 0 bridgehead atoms. The van der Waals surface area contributed by atoms with Gasteiger partial charge in [0.15, 0.2) is 4.90 Å². The summed E-state index contributed by atoms with van der Waals surface area (Å²) in [5.74, 6) is 0.618. The zero-order valence-corrected chi connectivity index (χ0v) is 16.0. The summed E-state index contributed by atoms with van der Waals surface area (Å²) in [6.45, 7) is 4.12. The van der Waals surface area contributed by atoms with Crippen molar-refractivity contribution in [2.24, 2.45) is 0 Å². The minimum absolute atomic E-state index is 0.217. The second kappa shape index (κ2) is 9.11. The van der Waals surface area contributed by atoms with E-state index in [1.165, 1.54) is 20.9 Å². The monoisotopic (exact) mass is 365 g/mol. The topological polar surface area (TPSA) is 96.0 Å². The van der Waals surface area contributed by atoms with Gasteiger partial charge < -0.3 is 14.2 Å². The van der Waals surface area contributed by atoms with Crippen LogP contribution < -0.4 is 4.74 Å². The van der Waals surface area contributed by atoms with E-state index in [1.54, 1.807) is 14.1 Å². The molecular weight excluding hydrogens is 342 g/mol. The summed E-state index contributed by atoms with van der Waals surface area (Å²) in [7, 11) is -0.0418. The van der Waals surface area contributed by atoms with Gasteiger partial charge in [-0.05, 0) is 26.0 Å². The minimum Gasteiger partial charge on any atom is -0.726 e. The van der Waals surface area contributed by atoms with Crippen LogP contribution in [-0.4, -0.2) is 57.7 Å². The Bertz CT molecular complexity index is 618. The fourth-order valence-electron chi connectivity index (χ4n) is 1.81. The molecule has 7 nitrogen and oxygen atoms in total. The van der Waals surface area contributed by atoms with Crippen LogP contribution in [0, 0.1) is 13.8 Å². The third-order valence-electron chi connectivity index (χ3n) is 2.62. The molecule has 0 fully saturated rings. The lowest BCUT2D eigenvalue weighted by Gasteiger charge is -2.13. The average molecular weight is 365 g/mol. The molecule has 0 aromatic heterocycles. The van der Waals surface area contributed by atoms with Crippen LogP contribution in [0.25, 0.3) is 0 Å². The van der Waals surface area contributed by atoms with Gasteiger partial charge in [-0.3, -0.25) is 4.18 Å². The Morgan fingerprint density at radius 2 is 1.57 bits per heavy atom. The first-order chi connectivity index (χ1) is 10.4. The first kappa shape index (κ1) is 21.7. The van der Waals surface area contributed by atoms with Crippen LogP contribution >= 0.6 is 0 Å². The molecule has 0 spiro atoms. The maximum Gasteiger partial charge on any atom is 0.414 e. The molecule has 0 unspecified atom stereocenters. The molecule has 9 heteroatoms. The summed E-state index contributed by atoms with van der Waals surface area (Å²) in [6.07, 6.45) is 4.05. The lowest BCUT2D eigenvalue weighted by atomic mass is 10.1. The molecule has 0 N–H and O–H groups in total. The fourth-order valence-corrected chi connectivity index (χ4v) is 3.21. The van der Waals surface area contributed by atoms with Crippen LogP contribution in [0.1, 0.15) is 11.1 Å². The minimum atomic E-state index is -4.41. The van der Waals surface area contributed by atoms with E-state index in [2.05, 4.69) is 30.5 Å². The van der Waals surface area contributed by atoms with Crippen molar-refractivity contribution in [2.75, 3.05) is 33.7 Å². The summed E-state index contributed by atoms with van der Waals surface area (Å²) < 4.78 is 36.3. The number of carbonyl (C=O) groups is 1. The lowest BCUT2D eigenvalue weighted by Crippen LogP contribution is -2.25. The van der Waals surface area contributed by atoms with Crippen molar-refractivity contribution < 1.29 is 26.7 Å². The summed E-state index contributed by atoms with van der Waals surface area (Å²) in [6, 6.07) is 3.85. The van der Waals surface area contributed by atoms with Crippen molar-refractivity contribution >= 4 is 27.4 Å². The number of nitrogens with zero attached hydrogens (tertiary/aromatic N) is 1. The molecule has 0 heterocycles. The fraction of sp³-hybridized carbons (Fsp3) is 0.500. The number of benzene rings is 1. The molecule has 0 radical (unpaired) electrons. The highest BCUT2D eigenvalue weighted by Gasteiger charge is 2.18. The average Bonchev–Trinajstić information content (AvgIpc) is 2.36. The molecule has 0 atom stereocenters. The van der Waals surface area contributed by atoms with Crippen LogP contribution in [0.3, 0.4) is 0 Å². The van der Waals surface area contributed by atoms with Gasteiger partial charge in [-0.1, -0.05) is 0 Å². The summed E-state index contributed by atoms with van der Waals surface area (Å²) in [5, 5.41) is 0. The molecule has 0 saturated heterocycles. The van der Waals surface area contributed by atoms with Crippen molar-refractivity contribution in [3.05, 3.63) is 23.3 Å². The van der Waals surface area contributed by atoms with Gasteiger partial charge in [0.2, 0.25) is 10.4 Å². The number of ether oxygens (including phenoxy) is 1. The van der Waals surface area contributed by atoms with Crippen LogP contribution in [-0.2, 0) is 25.5 Å². The van der Waals surface area contributed by atoms with E-state index in [9.17, 15) is 17.8 Å². The number of rotatable bonds is 3. The maximum absolute atomic E-state index is 11.5. The van der Waals surface area contributed by atoms with Crippen LogP contribution in [0.2, 0.25) is 0 Å². The Balaban J connectivity index is 0.000000688. The normalized spacial score (nSPS) is 10.8. The molecule has 1 amide bonds. The third-order valence-corrected chi connectivity index (χ3v) is 4.49. The van der Waals surface area contributed by atoms with Crippen molar-refractivity contribution in [3.8, 4) is 5.75 Å². The SMILES string of the molecule is COS(=O)(=O)[O-].Cc1cc(OC(=O)N(C)C)cc(C)c1[S+](C)C. The summed E-state index contributed by atoms with van der Waals surface area (Å²) in [5.41, 5.74) is 2.36. The van der Waals surface area contributed by atoms with Gasteiger partial charge in [-0.15, -0.1) is 0 Å². The highest BCUT2D eigenvalue weighted by atomic mass is 32.3.